The zero-order valence-corrected chi connectivity index (χ0v) is 21.4. The highest BCUT2D eigenvalue weighted by atomic mass is 127. The van der Waals surface area contributed by atoms with Crippen molar-refractivity contribution >= 4 is 57.5 Å². The minimum absolute atomic E-state index is 0.181. The molecule has 2 aromatic rings. The van der Waals surface area contributed by atoms with Crippen molar-refractivity contribution < 1.29 is 23.5 Å². The Morgan fingerprint density at radius 1 is 1.09 bits per heavy atom. The second-order valence-corrected chi connectivity index (χ2v) is 10.3. The lowest BCUT2D eigenvalue weighted by atomic mass is 10.2. The van der Waals surface area contributed by atoms with E-state index >= 15 is 0 Å². The molecule has 6 nitrogen and oxygen atoms in total. The Morgan fingerprint density at radius 3 is 2.56 bits per heavy atom. The fourth-order valence-electron chi connectivity index (χ4n) is 3.85. The number of hydrogen-bond acceptors (Lipinski definition) is 5. The molecule has 4 rings (SSSR count). The Morgan fingerprint density at radius 2 is 1.85 bits per heavy atom. The molecule has 2 saturated heterocycles. The molecule has 9 heteroatoms. The molecular formula is C25H24FIN2O4S. The molecule has 2 aliphatic rings. The van der Waals surface area contributed by atoms with Crippen molar-refractivity contribution in [2.24, 2.45) is 0 Å². The van der Waals surface area contributed by atoms with Crippen LogP contribution < -0.4 is 4.74 Å². The van der Waals surface area contributed by atoms with Crippen LogP contribution >= 0.6 is 34.4 Å². The van der Waals surface area contributed by atoms with E-state index in [4.69, 9.17) is 4.74 Å². The molecule has 0 N–H and O–H groups in total. The highest BCUT2D eigenvalue weighted by Crippen LogP contribution is 2.33. The molecule has 2 fully saturated rings. The SMILES string of the molecule is O=C(CN1C(=O)SC(=Cc2ccc(OCc3cccc(F)c3)c(I)c2)C1=O)N1CCCCCC1. The third-order valence-corrected chi connectivity index (χ3v) is 7.41. The topological polar surface area (TPSA) is 66.9 Å². The van der Waals surface area contributed by atoms with Gasteiger partial charge in [-0.1, -0.05) is 31.0 Å². The first-order valence-corrected chi connectivity index (χ1v) is 13.0. The molecule has 34 heavy (non-hydrogen) atoms. The molecule has 0 bridgehead atoms. The number of imide groups is 1. The van der Waals surface area contributed by atoms with Gasteiger partial charge in [0.15, 0.2) is 0 Å². The smallest absolute Gasteiger partial charge is 0.294 e. The van der Waals surface area contributed by atoms with Gasteiger partial charge in [-0.05, 0) is 88.7 Å². The molecule has 0 aromatic heterocycles. The van der Waals surface area contributed by atoms with Gasteiger partial charge in [0.05, 0.1) is 8.48 Å². The summed E-state index contributed by atoms with van der Waals surface area (Å²) < 4.78 is 20.0. The average molecular weight is 594 g/mol. The number of ether oxygens (including phenoxy) is 1. The molecule has 2 aliphatic heterocycles. The number of rotatable bonds is 6. The van der Waals surface area contributed by atoms with E-state index in [2.05, 4.69) is 22.6 Å². The van der Waals surface area contributed by atoms with Crippen LogP contribution in [0, 0.1) is 9.39 Å². The monoisotopic (exact) mass is 594 g/mol. The summed E-state index contributed by atoms with van der Waals surface area (Å²) in [6.07, 6.45) is 5.76. The molecule has 0 radical (unpaired) electrons. The maximum atomic E-state index is 13.3. The van der Waals surface area contributed by atoms with Gasteiger partial charge < -0.3 is 9.64 Å². The average Bonchev–Trinajstić information content (AvgIpc) is 3.00. The first-order chi connectivity index (χ1) is 16.4. The fraction of sp³-hybridized carbons (Fsp3) is 0.320. The number of thioether (sulfide) groups is 1. The van der Waals surface area contributed by atoms with Gasteiger partial charge in [0.2, 0.25) is 5.91 Å². The third-order valence-electron chi connectivity index (χ3n) is 5.66. The highest BCUT2D eigenvalue weighted by molar-refractivity contribution is 14.1. The van der Waals surface area contributed by atoms with Crippen molar-refractivity contribution in [3.8, 4) is 5.75 Å². The molecule has 2 heterocycles. The standard InChI is InChI=1S/C25H24FIN2O4S/c26-19-7-5-6-18(12-19)16-33-21-9-8-17(13-20(21)27)14-22-24(31)29(25(32)34-22)15-23(30)28-10-3-1-2-4-11-28/h5-9,12-14H,1-4,10-11,15-16H2. The summed E-state index contributed by atoms with van der Waals surface area (Å²) in [4.78, 5) is 41.0. The maximum Gasteiger partial charge on any atom is 0.294 e. The molecule has 178 valence electrons. The number of amides is 3. The molecular weight excluding hydrogens is 570 g/mol. The van der Waals surface area contributed by atoms with Gasteiger partial charge in [-0.15, -0.1) is 0 Å². The van der Waals surface area contributed by atoms with Crippen LogP contribution in [0.5, 0.6) is 5.75 Å². The summed E-state index contributed by atoms with van der Waals surface area (Å²) in [5.41, 5.74) is 1.47. The Hall–Kier alpha value is -2.40. The summed E-state index contributed by atoms with van der Waals surface area (Å²) in [7, 11) is 0. The Balaban J connectivity index is 1.40. The van der Waals surface area contributed by atoms with Crippen molar-refractivity contribution in [3.05, 3.63) is 67.9 Å². The second kappa shape index (κ2) is 11.4. The number of likely N-dealkylation sites (tertiary alicyclic amines) is 1. The normalized spacial score (nSPS) is 17.9. The van der Waals surface area contributed by atoms with Crippen LogP contribution in [0.15, 0.2) is 47.4 Å². The number of halogens is 2. The van der Waals surface area contributed by atoms with Crippen molar-refractivity contribution in [2.45, 2.75) is 32.3 Å². The number of benzene rings is 2. The van der Waals surface area contributed by atoms with E-state index in [1.54, 1.807) is 35.2 Å². The van der Waals surface area contributed by atoms with E-state index in [9.17, 15) is 18.8 Å². The predicted octanol–water partition coefficient (Wildman–Crippen LogP) is 5.45. The van der Waals surface area contributed by atoms with E-state index in [-0.39, 0.29) is 29.8 Å². The summed E-state index contributed by atoms with van der Waals surface area (Å²) >= 11 is 2.98. The van der Waals surface area contributed by atoms with Gasteiger partial charge in [0.25, 0.3) is 11.1 Å². The molecule has 2 aromatic carbocycles. The summed E-state index contributed by atoms with van der Waals surface area (Å²) in [6.45, 7) is 1.37. The van der Waals surface area contributed by atoms with Gasteiger partial charge >= 0.3 is 0 Å². The van der Waals surface area contributed by atoms with Gasteiger partial charge in [-0.25, -0.2) is 4.39 Å². The summed E-state index contributed by atoms with van der Waals surface area (Å²) in [5, 5.41) is -0.427. The maximum absolute atomic E-state index is 13.3. The van der Waals surface area contributed by atoms with E-state index in [1.165, 1.54) is 12.1 Å². The summed E-state index contributed by atoms with van der Waals surface area (Å²) in [5.74, 6) is -0.300. The zero-order valence-electron chi connectivity index (χ0n) is 18.5. The van der Waals surface area contributed by atoms with Gasteiger partial charge in [0, 0.05) is 13.1 Å². The molecule has 0 aliphatic carbocycles. The van der Waals surface area contributed by atoms with Crippen LogP contribution in [-0.2, 0) is 16.2 Å². The van der Waals surface area contributed by atoms with Crippen molar-refractivity contribution in [1.82, 2.24) is 9.80 Å². The minimum Gasteiger partial charge on any atom is -0.488 e. The van der Waals surface area contributed by atoms with E-state index in [0.29, 0.717) is 18.8 Å². The lowest BCUT2D eigenvalue weighted by Crippen LogP contribution is -2.42. The van der Waals surface area contributed by atoms with E-state index in [0.717, 1.165) is 57.0 Å². The zero-order chi connectivity index (χ0) is 24.1. The lowest BCUT2D eigenvalue weighted by molar-refractivity contribution is -0.135. The van der Waals surface area contributed by atoms with Gasteiger partial charge in [-0.3, -0.25) is 19.3 Å². The minimum atomic E-state index is -0.445. The lowest BCUT2D eigenvalue weighted by Gasteiger charge is -2.22. The quantitative estimate of drug-likeness (QED) is 0.329. The molecule has 0 unspecified atom stereocenters. The van der Waals surface area contributed by atoms with Crippen LogP contribution in [0.1, 0.15) is 36.8 Å². The second-order valence-electron chi connectivity index (χ2n) is 8.17. The van der Waals surface area contributed by atoms with E-state index < -0.39 is 11.1 Å². The van der Waals surface area contributed by atoms with E-state index in [1.807, 2.05) is 6.07 Å². The predicted molar refractivity (Wildman–Crippen MR) is 138 cm³/mol. The number of hydrogen-bond donors (Lipinski definition) is 0. The molecule has 0 spiro atoms. The summed E-state index contributed by atoms with van der Waals surface area (Å²) in [6, 6.07) is 11.6. The van der Waals surface area contributed by atoms with Crippen LogP contribution in [0.25, 0.3) is 6.08 Å². The third kappa shape index (κ3) is 6.18. The first kappa shape index (κ1) is 24.7. The van der Waals surface area contributed by atoms with Crippen LogP contribution in [0.3, 0.4) is 0 Å². The number of nitrogens with zero attached hydrogens (tertiary/aromatic N) is 2. The van der Waals surface area contributed by atoms with Crippen LogP contribution in [0.4, 0.5) is 9.18 Å². The van der Waals surface area contributed by atoms with Gasteiger partial charge in [0.1, 0.15) is 24.7 Å². The van der Waals surface area contributed by atoms with Crippen LogP contribution in [-0.4, -0.2) is 46.5 Å². The van der Waals surface area contributed by atoms with Crippen molar-refractivity contribution in [3.63, 3.8) is 0 Å². The van der Waals surface area contributed by atoms with Crippen molar-refractivity contribution in [2.75, 3.05) is 19.6 Å². The van der Waals surface area contributed by atoms with Crippen molar-refractivity contribution in [1.29, 1.82) is 0 Å². The largest absolute Gasteiger partial charge is 0.488 e. The van der Waals surface area contributed by atoms with Gasteiger partial charge in [-0.2, -0.15) is 0 Å². The number of carbonyl (C=O) groups excluding carboxylic acids is 3. The Bertz CT molecular complexity index is 1130. The molecule has 0 saturated carbocycles. The molecule has 0 atom stereocenters. The first-order valence-electron chi connectivity index (χ1n) is 11.1. The Kier molecular flexibility index (Phi) is 8.25. The number of carbonyl (C=O) groups is 3. The molecule has 3 amide bonds. The fourth-order valence-corrected chi connectivity index (χ4v) is 5.39. The highest BCUT2D eigenvalue weighted by Gasteiger charge is 2.37. The Labute approximate surface area is 215 Å². The van der Waals surface area contributed by atoms with Crippen LogP contribution in [0.2, 0.25) is 0 Å².